The molecule has 2 heterocycles. The number of morpholine rings is 1. The predicted octanol–water partition coefficient (Wildman–Crippen LogP) is 0.522. The van der Waals surface area contributed by atoms with E-state index in [0.29, 0.717) is 57.9 Å². The summed E-state index contributed by atoms with van der Waals surface area (Å²) in [4.78, 5) is 16.3. The molecule has 2 saturated heterocycles. The Balaban J connectivity index is 1.45. The van der Waals surface area contributed by atoms with E-state index in [9.17, 15) is 17.6 Å². The molecule has 0 N–H and O–H groups in total. The zero-order valence-corrected chi connectivity index (χ0v) is 16.2. The molecule has 0 bridgehead atoms. The molecule has 150 valence electrons. The van der Waals surface area contributed by atoms with E-state index in [1.807, 2.05) is 0 Å². The number of carbonyl (C=O) groups excluding carboxylic acids is 1. The van der Waals surface area contributed by atoms with Crippen LogP contribution in [0, 0.1) is 5.82 Å². The summed E-state index contributed by atoms with van der Waals surface area (Å²) in [5, 5.41) is 0. The molecule has 0 radical (unpaired) electrons. The van der Waals surface area contributed by atoms with Crippen LogP contribution in [0.4, 0.5) is 4.39 Å². The topological polar surface area (TPSA) is 70.2 Å². The van der Waals surface area contributed by atoms with Gasteiger partial charge in [-0.05, 0) is 17.7 Å². The standard InChI is InChI=1S/C18H26FN3O4S/c19-17-3-1-16(2-4-17)15-27(24,25)22-9-7-21(8-10-22)18(23)5-6-20-11-13-26-14-12-20/h1-4H,5-15H2. The van der Waals surface area contributed by atoms with E-state index in [4.69, 9.17) is 4.74 Å². The Labute approximate surface area is 159 Å². The van der Waals surface area contributed by atoms with E-state index in [1.54, 1.807) is 4.90 Å². The summed E-state index contributed by atoms with van der Waals surface area (Å²) < 4.78 is 44.8. The Kier molecular flexibility index (Phi) is 6.80. The van der Waals surface area contributed by atoms with Crippen molar-refractivity contribution >= 4 is 15.9 Å². The number of sulfonamides is 1. The molecule has 0 aliphatic carbocycles. The Morgan fingerprint density at radius 2 is 1.63 bits per heavy atom. The van der Waals surface area contributed by atoms with Gasteiger partial charge >= 0.3 is 0 Å². The SMILES string of the molecule is O=C(CCN1CCOCC1)N1CCN(S(=O)(=O)Cc2ccc(F)cc2)CC1. The lowest BCUT2D eigenvalue weighted by atomic mass is 10.2. The van der Waals surface area contributed by atoms with Crippen molar-refractivity contribution in [1.29, 1.82) is 0 Å². The number of amides is 1. The van der Waals surface area contributed by atoms with Gasteiger partial charge in [-0.25, -0.2) is 12.8 Å². The number of benzene rings is 1. The van der Waals surface area contributed by atoms with E-state index in [1.165, 1.54) is 28.6 Å². The van der Waals surface area contributed by atoms with Gasteiger partial charge in [-0.1, -0.05) is 12.1 Å². The zero-order chi connectivity index (χ0) is 19.3. The third-order valence-corrected chi connectivity index (χ3v) is 6.84. The first-order valence-corrected chi connectivity index (χ1v) is 10.8. The van der Waals surface area contributed by atoms with Crippen LogP contribution in [0.15, 0.2) is 24.3 Å². The maximum absolute atomic E-state index is 13.0. The number of piperazine rings is 1. The normalized spacial score (nSPS) is 20.0. The van der Waals surface area contributed by atoms with Gasteiger partial charge in [-0.2, -0.15) is 4.31 Å². The van der Waals surface area contributed by atoms with Crippen molar-refractivity contribution < 1.29 is 22.3 Å². The van der Waals surface area contributed by atoms with E-state index in [0.717, 1.165) is 13.1 Å². The number of hydrogen-bond donors (Lipinski definition) is 0. The summed E-state index contributed by atoms with van der Waals surface area (Å²) >= 11 is 0. The Bertz CT molecular complexity index is 727. The molecule has 1 aromatic carbocycles. The number of rotatable bonds is 6. The molecule has 2 aliphatic rings. The molecule has 1 aromatic rings. The number of hydrogen-bond acceptors (Lipinski definition) is 5. The van der Waals surface area contributed by atoms with E-state index in [-0.39, 0.29) is 17.5 Å². The van der Waals surface area contributed by atoms with Crippen LogP contribution in [0.3, 0.4) is 0 Å². The van der Waals surface area contributed by atoms with Gasteiger partial charge in [0.2, 0.25) is 15.9 Å². The fraction of sp³-hybridized carbons (Fsp3) is 0.611. The number of carbonyl (C=O) groups is 1. The molecule has 2 fully saturated rings. The lowest BCUT2D eigenvalue weighted by molar-refractivity contribution is -0.133. The van der Waals surface area contributed by atoms with E-state index >= 15 is 0 Å². The van der Waals surface area contributed by atoms with Crippen LogP contribution in [-0.2, 0) is 25.3 Å². The minimum absolute atomic E-state index is 0.0667. The van der Waals surface area contributed by atoms with Crippen LogP contribution < -0.4 is 0 Å². The summed E-state index contributed by atoms with van der Waals surface area (Å²) in [5.41, 5.74) is 0.556. The van der Waals surface area contributed by atoms with E-state index in [2.05, 4.69) is 4.90 Å². The lowest BCUT2D eigenvalue weighted by Crippen LogP contribution is -2.51. The van der Waals surface area contributed by atoms with Crippen molar-refractivity contribution in [2.45, 2.75) is 12.2 Å². The molecule has 27 heavy (non-hydrogen) atoms. The number of ether oxygens (including phenoxy) is 1. The zero-order valence-electron chi connectivity index (χ0n) is 15.3. The van der Waals surface area contributed by atoms with Crippen LogP contribution in [0.2, 0.25) is 0 Å². The van der Waals surface area contributed by atoms with Crippen LogP contribution >= 0.6 is 0 Å². The maximum Gasteiger partial charge on any atom is 0.223 e. The highest BCUT2D eigenvalue weighted by Gasteiger charge is 2.29. The van der Waals surface area contributed by atoms with Crippen molar-refractivity contribution in [2.75, 3.05) is 59.0 Å². The summed E-state index contributed by atoms with van der Waals surface area (Å²) in [6, 6.07) is 5.49. The summed E-state index contributed by atoms with van der Waals surface area (Å²) in [6.07, 6.45) is 0.447. The lowest BCUT2D eigenvalue weighted by Gasteiger charge is -2.34. The smallest absolute Gasteiger partial charge is 0.223 e. The van der Waals surface area contributed by atoms with Gasteiger partial charge in [-0.15, -0.1) is 0 Å². The molecule has 9 heteroatoms. The molecule has 0 aromatic heterocycles. The molecular formula is C18H26FN3O4S. The third kappa shape index (κ3) is 5.71. The van der Waals surface area contributed by atoms with Crippen LogP contribution in [-0.4, -0.2) is 87.5 Å². The molecule has 7 nitrogen and oxygen atoms in total. The van der Waals surface area contributed by atoms with Crippen molar-refractivity contribution in [3.63, 3.8) is 0 Å². The number of halogens is 1. The fourth-order valence-corrected chi connectivity index (χ4v) is 4.85. The molecule has 0 atom stereocenters. The summed E-state index contributed by atoms with van der Waals surface area (Å²) in [6.45, 7) is 5.24. The van der Waals surface area contributed by atoms with Gasteiger partial charge in [0.05, 0.1) is 19.0 Å². The second-order valence-corrected chi connectivity index (χ2v) is 8.84. The fourth-order valence-electron chi connectivity index (χ4n) is 3.33. The summed E-state index contributed by atoms with van der Waals surface area (Å²) in [7, 11) is -3.48. The molecule has 3 rings (SSSR count). The molecule has 0 spiro atoms. The van der Waals surface area contributed by atoms with Gasteiger partial charge in [-0.3, -0.25) is 9.69 Å². The molecule has 2 aliphatic heterocycles. The first-order valence-electron chi connectivity index (χ1n) is 9.24. The Morgan fingerprint density at radius 1 is 1.00 bits per heavy atom. The molecular weight excluding hydrogens is 373 g/mol. The monoisotopic (exact) mass is 399 g/mol. The highest BCUT2D eigenvalue weighted by molar-refractivity contribution is 7.88. The Hall–Kier alpha value is -1.55. The van der Waals surface area contributed by atoms with Crippen LogP contribution in [0.5, 0.6) is 0 Å². The van der Waals surface area contributed by atoms with Gasteiger partial charge < -0.3 is 9.64 Å². The first-order chi connectivity index (χ1) is 12.9. The highest BCUT2D eigenvalue weighted by atomic mass is 32.2. The molecule has 0 saturated carbocycles. The second-order valence-electron chi connectivity index (χ2n) is 6.87. The van der Waals surface area contributed by atoms with Crippen molar-refractivity contribution in [2.24, 2.45) is 0 Å². The minimum Gasteiger partial charge on any atom is -0.379 e. The first kappa shape index (κ1) is 20.2. The van der Waals surface area contributed by atoms with Crippen LogP contribution in [0.1, 0.15) is 12.0 Å². The van der Waals surface area contributed by atoms with Crippen molar-refractivity contribution in [3.8, 4) is 0 Å². The van der Waals surface area contributed by atoms with Crippen molar-refractivity contribution in [1.82, 2.24) is 14.1 Å². The third-order valence-electron chi connectivity index (χ3n) is 4.99. The molecule has 0 unspecified atom stereocenters. The average molecular weight is 399 g/mol. The number of nitrogens with zero attached hydrogens (tertiary/aromatic N) is 3. The highest BCUT2D eigenvalue weighted by Crippen LogP contribution is 2.15. The quantitative estimate of drug-likeness (QED) is 0.698. The largest absolute Gasteiger partial charge is 0.379 e. The van der Waals surface area contributed by atoms with Crippen molar-refractivity contribution in [3.05, 3.63) is 35.6 Å². The van der Waals surface area contributed by atoms with Gasteiger partial charge in [0.1, 0.15) is 5.82 Å². The van der Waals surface area contributed by atoms with Gasteiger partial charge in [0.15, 0.2) is 0 Å². The van der Waals surface area contributed by atoms with Gasteiger partial charge in [0.25, 0.3) is 0 Å². The van der Waals surface area contributed by atoms with Crippen LogP contribution in [0.25, 0.3) is 0 Å². The average Bonchev–Trinajstić information content (AvgIpc) is 2.69. The second kappa shape index (κ2) is 9.09. The summed E-state index contributed by atoms with van der Waals surface area (Å²) in [5.74, 6) is -0.476. The maximum atomic E-state index is 13.0. The predicted molar refractivity (Wildman–Crippen MR) is 99.1 cm³/mol. The molecule has 1 amide bonds. The Morgan fingerprint density at radius 3 is 2.26 bits per heavy atom. The van der Waals surface area contributed by atoms with Gasteiger partial charge in [0, 0.05) is 52.2 Å². The van der Waals surface area contributed by atoms with E-state index < -0.39 is 10.0 Å². The minimum atomic E-state index is -3.48.